The van der Waals surface area contributed by atoms with Crippen LogP contribution in [-0.2, 0) is 69.2 Å². The number of allylic oxidation sites excluding steroid dienone is 2. The van der Waals surface area contributed by atoms with Crippen LogP contribution in [0.15, 0.2) is 228 Å². The molecular weight excluding hydrogens is 1700 g/mol. The number of benzene rings is 8. The molecule has 644 valence electrons. The zero-order valence-electron chi connectivity index (χ0n) is 64.5. The van der Waals surface area contributed by atoms with Crippen LogP contribution in [0.5, 0.6) is 23.0 Å². The zero-order valence-corrected chi connectivity index (χ0v) is 68.5. The molecule has 2 N–H and O–H groups in total. The van der Waals surface area contributed by atoms with Crippen molar-refractivity contribution in [2.24, 2.45) is 0 Å². The lowest BCUT2D eigenvalue weighted by Crippen LogP contribution is -2.07. The van der Waals surface area contributed by atoms with Crippen molar-refractivity contribution in [3.05, 3.63) is 280 Å². The molecule has 1 aliphatic rings. The molecule has 0 amide bonds. The summed E-state index contributed by atoms with van der Waals surface area (Å²) in [5.41, 5.74) is 2.24. The molecule has 34 heteroatoms. The molecule has 119 heavy (non-hydrogen) atoms. The Morgan fingerprint density at radius 1 is 0.521 bits per heavy atom. The topological polar surface area (TPSA) is 209 Å². The molecular formula is C85H83Cl2F15O14S3. The van der Waals surface area contributed by atoms with Gasteiger partial charge in [-0.05, 0) is 213 Å². The van der Waals surface area contributed by atoms with Gasteiger partial charge < -0.3 is 33.9 Å². The quantitative estimate of drug-likeness (QED) is 0.0103. The highest BCUT2D eigenvalue weighted by Gasteiger charge is 2.33. The second-order valence-corrected chi connectivity index (χ2v) is 26.9. The Bertz CT molecular complexity index is 4430. The summed E-state index contributed by atoms with van der Waals surface area (Å²) in [6.45, 7) is 14.0. The van der Waals surface area contributed by atoms with Crippen molar-refractivity contribution in [1.29, 1.82) is 0 Å². The van der Waals surface area contributed by atoms with Gasteiger partial charge in [0.15, 0.2) is 5.78 Å². The van der Waals surface area contributed by atoms with E-state index in [1.54, 1.807) is 37.5 Å². The third kappa shape index (κ3) is 50.4. The van der Waals surface area contributed by atoms with Crippen molar-refractivity contribution in [3.63, 3.8) is 0 Å². The second kappa shape index (κ2) is 58.7. The number of ether oxygens (including phenoxy) is 5. The lowest BCUT2D eigenvalue weighted by atomic mass is 10.1. The Labute approximate surface area is 702 Å². The summed E-state index contributed by atoms with van der Waals surface area (Å²) in [6, 6.07) is 41.0. The third-order valence-electron chi connectivity index (χ3n) is 14.1. The van der Waals surface area contributed by atoms with Gasteiger partial charge in [0, 0.05) is 26.2 Å². The summed E-state index contributed by atoms with van der Waals surface area (Å²) in [4.78, 5) is 65.1. The van der Waals surface area contributed by atoms with Crippen LogP contribution in [0.25, 0.3) is 24.3 Å². The van der Waals surface area contributed by atoms with E-state index in [9.17, 15) is 85.7 Å². The van der Waals surface area contributed by atoms with E-state index in [4.69, 9.17) is 70.9 Å². The van der Waals surface area contributed by atoms with Crippen LogP contribution in [0.2, 0.25) is 0 Å². The fourth-order valence-corrected chi connectivity index (χ4v) is 10.4. The summed E-state index contributed by atoms with van der Waals surface area (Å²) in [7, 11) is 3.02. The number of aldehydes is 2. The summed E-state index contributed by atoms with van der Waals surface area (Å²) in [6.07, 6.45) is -6.27. The highest BCUT2D eigenvalue weighted by molar-refractivity contribution is 7.99. The number of thioether (sulfide) groups is 2. The number of epoxide rings is 1. The molecule has 0 aromatic heterocycles. The first-order chi connectivity index (χ1) is 56.0. The number of carbonyl (C=O) groups is 3. The maximum absolute atomic E-state index is 12.5. The largest absolute Gasteiger partial charge is 0.497 e. The van der Waals surface area contributed by atoms with Gasteiger partial charge in [-0.25, -0.2) is 0 Å². The molecule has 1 fully saturated rings. The summed E-state index contributed by atoms with van der Waals surface area (Å²) >= 11 is 16.7. The first kappa shape index (κ1) is 109. The molecule has 0 aliphatic carbocycles. The minimum Gasteiger partial charge on any atom is -0.497 e. The lowest BCUT2D eigenvalue weighted by Gasteiger charge is -2.10. The Morgan fingerprint density at radius 3 is 1.13 bits per heavy atom. The third-order valence-corrected chi connectivity index (χ3v) is 16.6. The van der Waals surface area contributed by atoms with Gasteiger partial charge in [0.25, 0.3) is 0 Å². The Morgan fingerprint density at radius 2 is 0.840 bits per heavy atom. The number of ketones is 1. The van der Waals surface area contributed by atoms with Crippen molar-refractivity contribution in [1.82, 2.24) is 0 Å². The van der Waals surface area contributed by atoms with Gasteiger partial charge in [-0.2, -0.15) is 85.0 Å². The molecule has 1 aliphatic heterocycles. The van der Waals surface area contributed by atoms with Crippen molar-refractivity contribution < 1.29 is 133 Å². The maximum Gasteiger partial charge on any atom is 0.416 e. The van der Waals surface area contributed by atoms with Gasteiger partial charge in [0.05, 0.1) is 78.9 Å². The lowest BCUT2D eigenvalue weighted by molar-refractivity contribution is -0.193. The van der Waals surface area contributed by atoms with Crippen LogP contribution >= 0.6 is 59.4 Å². The van der Waals surface area contributed by atoms with Crippen LogP contribution in [0.4, 0.5) is 65.9 Å². The smallest absolute Gasteiger partial charge is 0.416 e. The average Bonchev–Trinajstić information content (AvgIpc) is 1.86. The van der Waals surface area contributed by atoms with E-state index in [1.165, 1.54) is 116 Å². The number of Topliss-reactive ketones (excluding diaryl/α,β-unsaturated/α-hetero) is 1. The maximum atomic E-state index is 12.5. The van der Waals surface area contributed by atoms with Crippen molar-refractivity contribution in [2.75, 3.05) is 50.9 Å². The van der Waals surface area contributed by atoms with Crippen molar-refractivity contribution >= 4 is 114 Å². The van der Waals surface area contributed by atoms with Crippen LogP contribution < -0.4 is 18.9 Å². The number of hydrogen-bond acceptors (Lipinski definition) is 17. The second-order valence-electron chi connectivity index (χ2n) is 23.4. The molecule has 3 atom stereocenters. The Hall–Kier alpha value is -10.1. The van der Waals surface area contributed by atoms with Gasteiger partial charge in [-0.1, -0.05) is 105 Å². The first-order valence-corrected chi connectivity index (χ1v) is 37.7. The molecule has 0 spiro atoms. The van der Waals surface area contributed by atoms with E-state index in [2.05, 4.69) is 26.1 Å². The molecule has 1 heterocycles. The number of halogens is 17. The predicted octanol–water partition coefficient (Wildman–Crippen LogP) is 22.8. The van der Waals surface area contributed by atoms with E-state index in [1.807, 2.05) is 81.4 Å². The number of aryl methyl sites for hydroxylation is 3. The number of aliphatic hydroxyl groups is 2. The van der Waals surface area contributed by atoms with Crippen LogP contribution in [-0.4, -0.2) is 110 Å². The number of rotatable bonds is 23. The molecule has 8 aromatic rings. The summed E-state index contributed by atoms with van der Waals surface area (Å²) in [5, 5.41) is 20.3. The number of alkyl halides is 17. The van der Waals surface area contributed by atoms with Gasteiger partial charge in [-0.15, -0.1) is 59.4 Å². The summed E-state index contributed by atoms with van der Waals surface area (Å²) in [5.74, 6) is 3.76. The van der Waals surface area contributed by atoms with Gasteiger partial charge in [0.2, 0.25) is 0 Å². The normalized spacial score (nSPS) is 12.4. The molecule has 1 saturated heterocycles. The highest BCUT2D eigenvalue weighted by atomic mass is 35.5. The molecule has 8 aromatic carbocycles. The molecule has 9 rings (SSSR count). The number of carbonyl (C=O) groups excluding carboxylic acids is 7. The highest BCUT2D eigenvalue weighted by Crippen LogP contribution is 2.35. The molecule has 0 saturated carbocycles. The average molecular weight is 1780 g/mol. The van der Waals surface area contributed by atoms with E-state index in [0.717, 1.165) is 121 Å². The Kier molecular flexibility index (Phi) is 53.7. The van der Waals surface area contributed by atoms with E-state index >= 15 is 0 Å². The monoisotopic (exact) mass is 1780 g/mol. The number of methoxy groups -OCH3 is 2. The molecule has 3 unspecified atom stereocenters. The fraction of sp³-hybridized carbons (Fsp3) is 0.259. The van der Waals surface area contributed by atoms with Crippen LogP contribution in [0, 0.1) is 20.8 Å². The molecule has 14 nitrogen and oxygen atoms in total. The van der Waals surface area contributed by atoms with Crippen LogP contribution in [0.1, 0.15) is 87.0 Å². The zero-order chi connectivity index (χ0) is 90.4. The first-order valence-electron chi connectivity index (χ1n) is 34.2. The molecule has 0 bridgehead atoms. The van der Waals surface area contributed by atoms with Crippen molar-refractivity contribution in [2.45, 2.75) is 105 Å². The minimum absolute atomic E-state index is 0.0225. The van der Waals surface area contributed by atoms with Gasteiger partial charge >= 0.3 is 43.2 Å². The number of aliphatic hydroxyl groups excluding tert-OH is 2. The predicted molar refractivity (Wildman–Crippen MR) is 431 cm³/mol. The van der Waals surface area contributed by atoms with Gasteiger partial charge in [-0.3, -0.25) is 14.4 Å². The van der Waals surface area contributed by atoms with E-state index in [-0.39, 0.29) is 36.1 Å². The fourth-order valence-electron chi connectivity index (χ4n) is 8.37. The molecule has 0 radical (unpaired) electrons. The Balaban J connectivity index is 0.00000139. The van der Waals surface area contributed by atoms with Crippen LogP contribution in [0.3, 0.4) is 0 Å². The SMILES string of the molecule is C=CC=O.CC(=O)COc1ccc(S)cc1C.CCCOc1ccc(SCC(O)/C=C/c2ccc(C(F)(F)F)cc2)cc1C.COc1ccc(C(F)(F)F)cc1.COc1ccc(SCC(O)/C=C/c2ccc(C(F)(F)F)cc2)cc1C.ClCCl.FC(F)(F)c1ccc(/C=C/C2CO2)cc1.O=C/C=C/c1ccc(C(F)(F)F)cc1.O=C=O.O=C=O. The van der Waals surface area contributed by atoms with Gasteiger partial charge in [0.1, 0.15) is 42.2 Å². The van der Waals surface area contributed by atoms with E-state index in [0.29, 0.717) is 59.7 Å². The van der Waals surface area contributed by atoms with E-state index < -0.39 is 70.9 Å². The minimum atomic E-state index is -4.34. The number of hydrogen-bond donors (Lipinski definition) is 3. The number of thiol groups is 1. The summed E-state index contributed by atoms with van der Waals surface area (Å²) < 4.78 is 210. The standard InChI is InChI=1S/C21H23F3O2S.C19H19F3O2S.C11H9F3O.C10H7F3O.C10H12O2S.C8H7F3O.C3H4O.CH2Cl2.2CO2/c1-3-12-26-20-11-10-19(13-15(20)2)27-14-18(25)9-6-16-4-7-17(8-5-16)21(22,23)24;1-13-11-17(9-10-18(13)24-2)25-12-16(23)8-5-14-3-6-15(7-4-14)19(20,21)22;12-11(13,14)9-4-1-8(2-5-9)3-6-10-7-15-10;11-10(12,13)9-5-3-8(4-6-9)2-1-7-14;1-7-5-9(13)3-4-10(7)12-6-8(2)11;1-12-7-4-2-6(3-5-7)8(9,10)11;1-2-3-4;3*2-1-3/h4-11,13,18,25H,3,12,14H2,1-2H3;3-11,16,23H,12H2,1-2H3;1-6,10H,7H2;1-7H;3-5,13H,6H2,1-2H3;2-5H,1H3;2-3H,1H2;1H2;;/b9-6+;8-5+;6-3+;2-1+;;;;;;. The van der Waals surface area contributed by atoms with Crippen molar-refractivity contribution in [3.8, 4) is 23.0 Å².